The van der Waals surface area contributed by atoms with E-state index >= 15 is 0 Å². The second-order valence-corrected chi connectivity index (χ2v) is 3.14. The summed E-state index contributed by atoms with van der Waals surface area (Å²) >= 11 is 0. The molecule has 1 aliphatic carbocycles. The standard InChI is InChI=1S/C6H11N/c1-6-3-5(6)4-7(6)2/h5H,3-4H2,1-2H3. The number of likely N-dealkylation sites (tertiary alicyclic amines) is 1. The zero-order chi connectivity index (χ0) is 5.07. The fourth-order valence-corrected chi connectivity index (χ4v) is 1.60. The lowest BCUT2D eigenvalue weighted by molar-refractivity contribution is 0.128. The number of rotatable bonds is 0. The summed E-state index contributed by atoms with van der Waals surface area (Å²) in [6, 6.07) is 0. The van der Waals surface area contributed by atoms with E-state index in [2.05, 4.69) is 18.9 Å². The molecule has 2 rings (SSSR count). The third-order valence-corrected chi connectivity index (χ3v) is 2.75. The van der Waals surface area contributed by atoms with Crippen LogP contribution in [0.1, 0.15) is 13.3 Å². The number of nitrogens with zero attached hydrogens (tertiary/aromatic N) is 1. The van der Waals surface area contributed by atoms with Gasteiger partial charge in [0.25, 0.3) is 0 Å². The van der Waals surface area contributed by atoms with Gasteiger partial charge in [-0.1, -0.05) is 0 Å². The Hall–Kier alpha value is -0.0400. The minimum atomic E-state index is 0.681. The first-order chi connectivity index (χ1) is 3.23. The van der Waals surface area contributed by atoms with Gasteiger partial charge in [0.1, 0.15) is 0 Å². The van der Waals surface area contributed by atoms with Gasteiger partial charge in [0.2, 0.25) is 0 Å². The van der Waals surface area contributed by atoms with Gasteiger partial charge in [-0.2, -0.15) is 0 Å². The molecule has 0 aromatic carbocycles. The average molecular weight is 97.2 g/mol. The van der Waals surface area contributed by atoms with Crippen molar-refractivity contribution in [3.63, 3.8) is 0 Å². The molecule has 2 aliphatic rings. The Morgan fingerprint density at radius 3 is 2.43 bits per heavy atom. The van der Waals surface area contributed by atoms with E-state index in [9.17, 15) is 0 Å². The molecule has 2 atom stereocenters. The molecule has 0 spiro atoms. The summed E-state index contributed by atoms with van der Waals surface area (Å²) < 4.78 is 0. The molecular weight excluding hydrogens is 86.1 g/mol. The van der Waals surface area contributed by atoms with Gasteiger partial charge in [0.05, 0.1) is 0 Å². The first-order valence-electron chi connectivity index (χ1n) is 2.95. The smallest absolute Gasteiger partial charge is 0.0223 e. The van der Waals surface area contributed by atoms with Gasteiger partial charge in [-0.25, -0.2) is 0 Å². The van der Waals surface area contributed by atoms with Crippen molar-refractivity contribution in [2.75, 3.05) is 13.6 Å². The van der Waals surface area contributed by atoms with E-state index in [1.54, 1.807) is 0 Å². The summed E-state index contributed by atoms with van der Waals surface area (Å²) in [4.78, 5) is 2.44. The van der Waals surface area contributed by atoms with Crippen LogP contribution in [0.5, 0.6) is 0 Å². The van der Waals surface area contributed by atoms with Crippen LogP contribution in [0.4, 0.5) is 0 Å². The Bertz CT molecular complexity index is 109. The quantitative estimate of drug-likeness (QED) is 0.430. The molecule has 1 aliphatic heterocycles. The molecule has 40 valence electrons. The van der Waals surface area contributed by atoms with Gasteiger partial charge < -0.3 is 4.90 Å². The van der Waals surface area contributed by atoms with Crippen LogP contribution >= 0.6 is 0 Å². The summed E-state index contributed by atoms with van der Waals surface area (Å²) in [5.74, 6) is 1.08. The molecule has 0 bridgehead atoms. The summed E-state index contributed by atoms with van der Waals surface area (Å²) in [5, 5.41) is 0. The topological polar surface area (TPSA) is 3.24 Å². The molecule has 2 unspecified atom stereocenters. The predicted octanol–water partition coefficient (Wildman–Crippen LogP) is 0.710. The summed E-state index contributed by atoms with van der Waals surface area (Å²) in [6.07, 6.45) is 1.46. The van der Waals surface area contributed by atoms with Crippen molar-refractivity contribution in [2.24, 2.45) is 5.92 Å². The molecule has 2 fully saturated rings. The van der Waals surface area contributed by atoms with Gasteiger partial charge in [-0.05, 0) is 26.3 Å². The third-order valence-electron chi connectivity index (χ3n) is 2.75. The van der Waals surface area contributed by atoms with Crippen LogP contribution in [0.3, 0.4) is 0 Å². The minimum absolute atomic E-state index is 0.681. The van der Waals surface area contributed by atoms with E-state index in [1.807, 2.05) is 0 Å². The highest BCUT2D eigenvalue weighted by atomic mass is 15.3. The minimum Gasteiger partial charge on any atom is -0.300 e. The Morgan fingerprint density at radius 2 is 2.43 bits per heavy atom. The molecule has 0 amide bonds. The molecule has 0 aromatic rings. The molecule has 0 N–H and O–H groups in total. The maximum absolute atomic E-state index is 2.44. The lowest BCUT2D eigenvalue weighted by Crippen LogP contribution is -2.44. The zero-order valence-corrected chi connectivity index (χ0v) is 4.94. The van der Waals surface area contributed by atoms with Gasteiger partial charge in [-0.15, -0.1) is 0 Å². The molecule has 1 heteroatoms. The summed E-state index contributed by atoms with van der Waals surface area (Å²) in [6.45, 7) is 3.71. The normalized spacial score (nSPS) is 58.3. The van der Waals surface area contributed by atoms with Gasteiger partial charge in [0, 0.05) is 12.1 Å². The number of hydrogen-bond donors (Lipinski definition) is 0. The number of fused-ring (bicyclic) bond motifs is 1. The lowest BCUT2D eigenvalue weighted by atomic mass is 10.1. The maximum Gasteiger partial charge on any atom is 0.0223 e. The van der Waals surface area contributed by atoms with E-state index in [0.29, 0.717) is 5.54 Å². The second kappa shape index (κ2) is 0.752. The van der Waals surface area contributed by atoms with Crippen molar-refractivity contribution >= 4 is 0 Å². The van der Waals surface area contributed by atoms with E-state index in [1.165, 1.54) is 13.0 Å². The second-order valence-electron chi connectivity index (χ2n) is 3.14. The molecule has 7 heavy (non-hydrogen) atoms. The van der Waals surface area contributed by atoms with Crippen LogP contribution in [-0.4, -0.2) is 24.0 Å². The maximum atomic E-state index is 2.44. The third kappa shape index (κ3) is 0.260. The SMILES string of the molecule is CN1CC2CC21C. The fourth-order valence-electron chi connectivity index (χ4n) is 1.60. The summed E-state index contributed by atoms with van der Waals surface area (Å²) in [5.41, 5.74) is 0.681. The van der Waals surface area contributed by atoms with Gasteiger partial charge in [0.15, 0.2) is 0 Å². The average Bonchev–Trinajstić information content (AvgIpc) is 2.13. The van der Waals surface area contributed by atoms with Crippen molar-refractivity contribution in [3.8, 4) is 0 Å². The summed E-state index contributed by atoms with van der Waals surface area (Å²) in [7, 11) is 2.21. The zero-order valence-electron chi connectivity index (χ0n) is 4.94. The Balaban J connectivity index is 2.17. The number of hydrogen-bond acceptors (Lipinski definition) is 1. The van der Waals surface area contributed by atoms with Gasteiger partial charge in [-0.3, -0.25) is 0 Å². The van der Waals surface area contributed by atoms with E-state index < -0.39 is 0 Å². The molecular formula is C6H11N. The Labute approximate surface area is 44.3 Å². The highest BCUT2D eigenvalue weighted by Crippen LogP contribution is 2.56. The van der Waals surface area contributed by atoms with Gasteiger partial charge >= 0.3 is 0 Å². The van der Waals surface area contributed by atoms with Crippen LogP contribution in [0.25, 0.3) is 0 Å². The molecule has 1 saturated carbocycles. The highest BCUT2D eigenvalue weighted by Gasteiger charge is 2.61. The van der Waals surface area contributed by atoms with Crippen molar-refractivity contribution in [3.05, 3.63) is 0 Å². The predicted molar refractivity (Wildman–Crippen MR) is 29.1 cm³/mol. The van der Waals surface area contributed by atoms with E-state index in [0.717, 1.165) is 5.92 Å². The van der Waals surface area contributed by atoms with E-state index in [4.69, 9.17) is 0 Å². The Morgan fingerprint density at radius 1 is 1.71 bits per heavy atom. The monoisotopic (exact) mass is 97.1 g/mol. The Kier molecular flexibility index (Phi) is 0.419. The lowest BCUT2D eigenvalue weighted by Gasteiger charge is -2.34. The molecule has 1 saturated heterocycles. The van der Waals surface area contributed by atoms with Crippen LogP contribution in [0, 0.1) is 5.92 Å². The first kappa shape index (κ1) is 3.90. The van der Waals surface area contributed by atoms with Crippen molar-refractivity contribution in [1.82, 2.24) is 4.90 Å². The van der Waals surface area contributed by atoms with Crippen LogP contribution in [-0.2, 0) is 0 Å². The fraction of sp³-hybridized carbons (Fsp3) is 1.00. The van der Waals surface area contributed by atoms with Crippen molar-refractivity contribution < 1.29 is 0 Å². The van der Waals surface area contributed by atoms with Crippen LogP contribution in [0.2, 0.25) is 0 Å². The first-order valence-corrected chi connectivity index (χ1v) is 2.95. The van der Waals surface area contributed by atoms with Crippen LogP contribution in [0.15, 0.2) is 0 Å². The van der Waals surface area contributed by atoms with Crippen LogP contribution < -0.4 is 0 Å². The molecule has 0 aromatic heterocycles. The molecule has 1 nitrogen and oxygen atoms in total. The van der Waals surface area contributed by atoms with Crippen molar-refractivity contribution in [1.29, 1.82) is 0 Å². The van der Waals surface area contributed by atoms with Crippen molar-refractivity contribution in [2.45, 2.75) is 18.9 Å². The highest BCUT2D eigenvalue weighted by molar-refractivity contribution is 5.16. The molecule has 0 radical (unpaired) electrons. The molecule has 1 heterocycles. The van der Waals surface area contributed by atoms with E-state index in [-0.39, 0.29) is 0 Å². The largest absolute Gasteiger partial charge is 0.300 e.